The minimum absolute atomic E-state index is 0.282. The lowest BCUT2D eigenvalue weighted by molar-refractivity contribution is 0.448. The Morgan fingerprint density at radius 3 is 2.86 bits per heavy atom. The average molecular weight is 353 g/mol. The van der Waals surface area contributed by atoms with E-state index in [4.69, 9.17) is 4.74 Å². The van der Waals surface area contributed by atoms with E-state index < -0.39 is 0 Å². The number of aromatic nitrogens is 1. The number of pyridine rings is 1. The summed E-state index contributed by atoms with van der Waals surface area (Å²) in [6, 6.07) is 6.77. The van der Waals surface area contributed by atoms with Crippen LogP contribution in [0.25, 0.3) is 0 Å². The van der Waals surface area contributed by atoms with Gasteiger partial charge in [-0.05, 0) is 53.5 Å². The molecule has 1 aromatic carbocycles. The molecule has 0 aliphatic rings. The molecule has 0 atom stereocenters. The van der Waals surface area contributed by atoms with Gasteiger partial charge in [-0.15, -0.1) is 0 Å². The third kappa shape index (κ3) is 4.51. The minimum atomic E-state index is -0.282. The van der Waals surface area contributed by atoms with Crippen LogP contribution in [0.5, 0.6) is 11.6 Å². The number of ether oxygens (including phenoxy) is 1. The number of halogens is 2. The van der Waals surface area contributed by atoms with E-state index in [0.717, 1.165) is 23.0 Å². The average Bonchev–Trinajstić information content (AvgIpc) is 2.46. The van der Waals surface area contributed by atoms with Crippen molar-refractivity contribution in [3.8, 4) is 11.6 Å². The summed E-state index contributed by atoms with van der Waals surface area (Å²) in [4.78, 5) is 4.27. The van der Waals surface area contributed by atoms with E-state index in [0.29, 0.717) is 23.7 Å². The Labute approximate surface area is 132 Å². The maximum Gasteiger partial charge on any atom is 0.223 e. The quantitative estimate of drug-likeness (QED) is 0.772. The Morgan fingerprint density at radius 2 is 2.14 bits per heavy atom. The molecule has 112 valence electrons. The summed E-state index contributed by atoms with van der Waals surface area (Å²) < 4.78 is 20.2. The molecule has 1 heterocycles. The highest BCUT2D eigenvalue weighted by atomic mass is 79.9. The molecule has 0 bridgehead atoms. The van der Waals surface area contributed by atoms with Gasteiger partial charge in [-0.25, -0.2) is 9.37 Å². The second-order valence-electron chi connectivity index (χ2n) is 4.81. The van der Waals surface area contributed by atoms with Crippen LogP contribution in [0.4, 0.5) is 4.39 Å². The summed E-state index contributed by atoms with van der Waals surface area (Å²) in [5.41, 5.74) is 1.52. The Kier molecular flexibility index (Phi) is 5.70. The van der Waals surface area contributed by atoms with Crippen LogP contribution in [0.2, 0.25) is 0 Å². The van der Waals surface area contributed by atoms with Crippen molar-refractivity contribution in [2.24, 2.45) is 0 Å². The summed E-state index contributed by atoms with van der Waals surface area (Å²) in [7, 11) is 0. The summed E-state index contributed by atoms with van der Waals surface area (Å²) in [5, 5.41) is 3.31. The lowest BCUT2D eigenvalue weighted by atomic mass is 10.2. The molecule has 5 heteroatoms. The van der Waals surface area contributed by atoms with Crippen molar-refractivity contribution in [1.29, 1.82) is 0 Å². The maximum atomic E-state index is 13.6. The van der Waals surface area contributed by atoms with Gasteiger partial charge in [0.25, 0.3) is 0 Å². The topological polar surface area (TPSA) is 34.2 Å². The largest absolute Gasteiger partial charge is 0.439 e. The van der Waals surface area contributed by atoms with E-state index >= 15 is 0 Å². The maximum absolute atomic E-state index is 13.6. The van der Waals surface area contributed by atoms with Crippen molar-refractivity contribution in [1.82, 2.24) is 10.3 Å². The van der Waals surface area contributed by atoms with E-state index in [2.05, 4.69) is 33.2 Å². The third-order valence-corrected chi connectivity index (χ3v) is 3.43. The molecule has 0 amide bonds. The first-order valence-electron chi connectivity index (χ1n) is 6.89. The molecule has 2 rings (SSSR count). The van der Waals surface area contributed by atoms with Gasteiger partial charge < -0.3 is 10.1 Å². The Morgan fingerprint density at radius 1 is 1.33 bits per heavy atom. The van der Waals surface area contributed by atoms with Crippen LogP contribution in [0, 0.1) is 12.7 Å². The molecule has 0 aliphatic heterocycles. The van der Waals surface area contributed by atoms with Gasteiger partial charge in [-0.3, -0.25) is 0 Å². The molecule has 2 aromatic rings. The summed E-state index contributed by atoms with van der Waals surface area (Å²) in [6.45, 7) is 5.41. The number of nitrogens with one attached hydrogen (secondary N) is 1. The van der Waals surface area contributed by atoms with Crippen molar-refractivity contribution < 1.29 is 9.13 Å². The van der Waals surface area contributed by atoms with Crippen LogP contribution >= 0.6 is 15.9 Å². The van der Waals surface area contributed by atoms with Gasteiger partial charge in [0, 0.05) is 28.8 Å². The normalized spacial score (nSPS) is 10.7. The second-order valence-corrected chi connectivity index (χ2v) is 5.72. The van der Waals surface area contributed by atoms with Crippen LogP contribution in [0.1, 0.15) is 24.5 Å². The van der Waals surface area contributed by atoms with Crippen LogP contribution < -0.4 is 10.1 Å². The SMILES string of the molecule is CCCNCc1cc(Br)cnc1Oc1ccc(C)c(F)c1. The zero-order chi connectivity index (χ0) is 15.2. The molecule has 0 saturated carbocycles. The van der Waals surface area contributed by atoms with E-state index in [-0.39, 0.29) is 5.82 Å². The molecule has 1 aromatic heterocycles. The lowest BCUT2D eigenvalue weighted by Gasteiger charge is -2.11. The highest BCUT2D eigenvalue weighted by Crippen LogP contribution is 2.26. The zero-order valence-electron chi connectivity index (χ0n) is 12.1. The van der Waals surface area contributed by atoms with E-state index in [1.807, 2.05) is 6.07 Å². The highest BCUT2D eigenvalue weighted by molar-refractivity contribution is 9.10. The van der Waals surface area contributed by atoms with Gasteiger partial charge in [0.2, 0.25) is 5.88 Å². The first-order valence-corrected chi connectivity index (χ1v) is 7.68. The summed E-state index contributed by atoms with van der Waals surface area (Å²) in [5.74, 6) is 0.657. The monoisotopic (exact) mass is 352 g/mol. The van der Waals surface area contributed by atoms with Gasteiger partial charge >= 0.3 is 0 Å². The van der Waals surface area contributed by atoms with Crippen LogP contribution in [0.15, 0.2) is 34.9 Å². The fraction of sp³-hybridized carbons (Fsp3) is 0.312. The fourth-order valence-corrected chi connectivity index (χ4v) is 2.21. The van der Waals surface area contributed by atoms with Gasteiger partial charge in [-0.2, -0.15) is 0 Å². The van der Waals surface area contributed by atoms with E-state index in [9.17, 15) is 4.39 Å². The minimum Gasteiger partial charge on any atom is -0.439 e. The number of hydrogen-bond donors (Lipinski definition) is 1. The first-order chi connectivity index (χ1) is 10.1. The smallest absolute Gasteiger partial charge is 0.223 e. The number of hydrogen-bond acceptors (Lipinski definition) is 3. The Balaban J connectivity index is 2.19. The van der Waals surface area contributed by atoms with Gasteiger partial charge in [0.15, 0.2) is 0 Å². The molecule has 0 radical (unpaired) electrons. The van der Waals surface area contributed by atoms with Crippen molar-refractivity contribution >= 4 is 15.9 Å². The third-order valence-electron chi connectivity index (χ3n) is 2.99. The summed E-state index contributed by atoms with van der Waals surface area (Å²) >= 11 is 3.41. The Hall–Kier alpha value is -1.46. The van der Waals surface area contributed by atoms with Gasteiger partial charge in [-0.1, -0.05) is 13.0 Å². The summed E-state index contributed by atoms with van der Waals surface area (Å²) in [6.07, 6.45) is 2.73. The number of nitrogens with zero attached hydrogens (tertiary/aromatic N) is 1. The molecular weight excluding hydrogens is 335 g/mol. The molecule has 1 N–H and O–H groups in total. The number of rotatable bonds is 6. The fourth-order valence-electron chi connectivity index (χ4n) is 1.84. The van der Waals surface area contributed by atoms with Gasteiger partial charge in [0.1, 0.15) is 11.6 Å². The molecule has 0 saturated heterocycles. The predicted molar refractivity (Wildman–Crippen MR) is 85.1 cm³/mol. The van der Waals surface area contributed by atoms with Crippen molar-refractivity contribution in [2.45, 2.75) is 26.8 Å². The van der Waals surface area contributed by atoms with Crippen molar-refractivity contribution in [2.75, 3.05) is 6.54 Å². The van der Waals surface area contributed by atoms with Crippen LogP contribution in [-0.2, 0) is 6.54 Å². The predicted octanol–water partition coefficient (Wildman–Crippen LogP) is 4.58. The van der Waals surface area contributed by atoms with Crippen molar-refractivity contribution in [3.63, 3.8) is 0 Å². The molecular formula is C16H18BrFN2O. The second kappa shape index (κ2) is 7.52. The van der Waals surface area contributed by atoms with E-state index in [1.165, 1.54) is 6.07 Å². The molecule has 0 fully saturated rings. The van der Waals surface area contributed by atoms with E-state index in [1.54, 1.807) is 25.3 Å². The zero-order valence-corrected chi connectivity index (χ0v) is 13.7. The Bertz CT molecular complexity index is 619. The number of benzene rings is 1. The highest BCUT2D eigenvalue weighted by Gasteiger charge is 2.09. The number of aryl methyl sites for hydroxylation is 1. The molecule has 21 heavy (non-hydrogen) atoms. The lowest BCUT2D eigenvalue weighted by Crippen LogP contribution is -2.14. The van der Waals surface area contributed by atoms with Crippen molar-refractivity contribution in [3.05, 3.63) is 51.9 Å². The van der Waals surface area contributed by atoms with Gasteiger partial charge in [0.05, 0.1) is 0 Å². The molecule has 0 aliphatic carbocycles. The van der Waals surface area contributed by atoms with Crippen LogP contribution in [-0.4, -0.2) is 11.5 Å². The molecule has 3 nitrogen and oxygen atoms in total. The van der Waals surface area contributed by atoms with Crippen LogP contribution in [0.3, 0.4) is 0 Å². The standard InChI is InChI=1S/C16H18BrFN2O/c1-3-6-19-9-12-7-13(17)10-20-16(12)21-14-5-4-11(2)15(18)8-14/h4-5,7-8,10,19H,3,6,9H2,1-2H3. The molecule has 0 spiro atoms. The first kappa shape index (κ1) is 15.9. The molecule has 0 unspecified atom stereocenters.